The van der Waals surface area contributed by atoms with Crippen molar-refractivity contribution in [1.82, 2.24) is 24.5 Å². The van der Waals surface area contributed by atoms with Crippen LogP contribution in [0.4, 0.5) is 0 Å². The minimum Gasteiger partial charge on any atom is -0.481 e. The van der Waals surface area contributed by atoms with Crippen LogP contribution in [0.2, 0.25) is 0 Å². The molecule has 66 heavy (non-hydrogen) atoms. The second-order valence-corrected chi connectivity index (χ2v) is 18.6. The highest BCUT2D eigenvalue weighted by atomic mass is 16.5. The molecule has 8 atom stereocenters. The molecule has 0 radical (unpaired) electrons. The number of methoxy groups -OCH3 is 2. The largest absolute Gasteiger partial charge is 0.481 e. The number of imide groups is 1. The van der Waals surface area contributed by atoms with E-state index in [0.717, 1.165) is 5.56 Å². The maximum Gasteiger partial charge on any atom is 0.307 e. The molecule has 0 spiro atoms. The van der Waals surface area contributed by atoms with E-state index >= 15 is 0 Å². The maximum absolute atomic E-state index is 14.4. The Morgan fingerprint density at radius 3 is 2.00 bits per heavy atom. The number of carbonyl (C=O) groups excluding carboxylic acids is 7. The van der Waals surface area contributed by atoms with Gasteiger partial charge in [-0.25, -0.2) is 0 Å². The number of rotatable bonds is 29. The smallest absolute Gasteiger partial charge is 0.307 e. The number of carboxylic acid groups (broad SMARTS) is 1. The molecule has 0 aromatic heterocycles. The van der Waals surface area contributed by atoms with Gasteiger partial charge in [0.2, 0.25) is 23.6 Å². The first-order valence-electron chi connectivity index (χ1n) is 23.7. The van der Waals surface area contributed by atoms with E-state index in [2.05, 4.69) is 0 Å². The minimum absolute atomic E-state index is 0.0326. The van der Waals surface area contributed by atoms with Crippen molar-refractivity contribution in [3.05, 3.63) is 48.0 Å². The van der Waals surface area contributed by atoms with Gasteiger partial charge in [-0.15, -0.1) is 0 Å². The maximum atomic E-state index is 14.4. The Labute approximate surface area is 392 Å². The van der Waals surface area contributed by atoms with E-state index in [0.29, 0.717) is 64.6 Å². The molecule has 0 unspecified atom stereocenters. The van der Waals surface area contributed by atoms with Crippen molar-refractivity contribution in [3.63, 3.8) is 0 Å². The lowest BCUT2D eigenvalue weighted by molar-refractivity contribution is -0.150. The summed E-state index contributed by atoms with van der Waals surface area (Å²) in [4.78, 5) is 112. The number of ether oxygens (including phenoxy) is 2. The SMILES string of the molecule is CC[C@H](C)[C@@H]([C@@H](CC(=O)N1CCC[C@H]1[C@H](OC)[C@@H](C)C(=O)C[C@@H](Cc1ccccc1)C(=O)O)OC)N(C)C(=O)[C@@H](CC(=O)N(C)CCN(C)C(=O)CCCCCN1C(=O)C=CC1=O)C(C)C. The third-order valence-electron chi connectivity index (χ3n) is 13.8. The first-order chi connectivity index (χ1) is 31.3. The zero-order chi connectivity index (χ0) is 49.2. The van der Waals surface area contributed by atoms with Crippen LogP contribution in [-0.2, 0) is 54.3 Å². The highest BCUT2D eigenvalue weighted by Crippen LogP contribution is 2.31. The molecule has 2 aliphatic heterocycles. The van der Waals surface area contributed by atoms with E-state index in [1.165, 1.54) is 36.2 Å². The normalized spacial score (nSPS) is 18.1. The van der Waals surface area contributed by atoms with Gasteiger partial charge in [-0.2, -0.15) is 0 Å². The van der Waals surface area contributed by atoms with E-state index in [4.69, 9.17) is 9.47 Å². The topological polar surface area (TPSA) is 191 Å². The second-order valence-electron chi connectivity index (χ2n) is 18.6. The van der Waals surface area contributed by atoms with Crippen molar-refractivity contribution < 1.29 is 52.9 Å². The number of likely N-dealkylation sites (tertiary alicyclic amines) is 1. The van der Waals surface area contributed by atoms with Crippen LogP contribution in [0.15, 0.2) is 42.5 Å². The molecule has 1 aromatic carbocycles. The summed E-state index contributed by atoms with van der Waals surface area (Å²) < 4.78 is 12.0. The fraction of sp³-hybridized carbons (Fsp3) is 0.680. The second kappa shape index (κ2) is 27.0. The third-order valence-corrected chi connectivity index (χ3v) is 13.8. The predicted molar refractivity (Wildman–Crippen MR) is 250 cm³/mol. The quantitative estimate of drug-likeness (QED) is 0.0852. The molecule has 6 amide bonds. The van der Waals surface area contributed by atoms with Crippen molar-refractivity contribution in [2.45, 2.75) is 130 Å². The number of hydrogen-bond acceptors (Lipinski definition) is 10. The average Bonchev–Trinajstić information content (AvgIpc) is 3.91. The minimum atomic E-state index is -1.04. The van der Waals surface area contributed by atoms with Crippen molar-refractivity contribution in [1.29, 1.82) is 0 Å². The summed E-state index contributed by atoms with van der Waals surface area (Å²) in [5.74, 6) is -5.16. The first kappa shape index (κ1) is 55.4. The highest BCUT2D eigenvalue weighted by molar-refractivity contribution is 6.12. The molecule has 3 rings (SSSR count). The Kier molecular flexibility index (Phi) is 22.7. The van der Waals surface area contributed by atoms with Gasteiger partial charge in [0.05, 0.1) is 36.6 Å². The van der Waals surface area contributed by atoms with Gasteiger partial charge >= 0.3 is 5.97 Å². The Morgan fingerprint density at radius 2 is 1.44 bits per heavy atom. The molecule has 0 bridgehead atoms. The van der Waals surface area contributed by atoms with E-state index in [1.54, 1.807) is 42.8 Å². The molecule has 0 saturated carbocycles. The Bertz CT molecular complexity index is 1820. The lowest BCUT2D eigenvalue weighted by Crippen LogP contribution is -2.54. The highest BCUT2D eigenvalue weighted by Gasteiger charge is 2.43. The molecule has 1 saturated heterocycles. The first-order valence-corrected chi connectivity index (χ1v) is 23.7. The summed E-state index contributed by atoms with van der Waals surface area (Å²) >= 11 is 0. The van der Waals surface area contributed by atoms with Gasteiger partial charge < -0.3 is 34.2 Å². The van der Waals surface area contributed by atoms with Gasteiger partial charge in [-0.3, -0.25) is 43.3 Å². The van der Waals surface area contributed by atoms with Gasteiger partial charge in [0.1, 0.15) is 5.78 Å². The number of amides is 6. The monoisotopic (exact) mass is 924 g/mol. The van der Waals surface area contributed by atoms with Gasteiger partial charge in [0, 0.05) is 105 Å². The van der Waals surface area contributed by atoms with Gasteiger partial charge in [-0.1, -0.05) is 77.8 Å². The fourth-order valence-electron chi connectivity index (χ4n) is 9.24. The van der Waals surface area contributed by atoms with E-state index < -0.39 is 48.0 Å². The van der Waals surface area contributed by atoms with Crippen LogP contribution in [0.3, 0.4) is 0 Å². The lowest BCUT2D eigenvalue weighted by atomic mass is 9.85. The Morgan fingerprint density at radius 1 is 0.818 bits per heavy atom. The summed E-state index contributed by atoms with van der Waals surface area (Å²) in [5, 5.41) is 9.99. The van der Waals surface area contributed by atoms with E-state index in [1.807, 2.05) is 58.0 Å². The number of unbranched alkanes of at least 4 members (excludes halogenated alkanes) is 2. The summed E-state index contributed by atoms with van der Waals surface area (Å²) in [6.07, 6.45) is 5.34. The van der Waals surface area contributed by atoms with Crippen LogP contribution in [0, 0.1) is 29.6 Å². The van der Waals surface area contributed by atoms with Crippen LogP contribution in [0.25, 0.3) is 0 Å². The number of nitrogens with zero attached hydrogens (tertiary/aromatic N) is 5. The van der Waals surface area contributed by atoms with Crippen molar-refractivity contribution in [2.24, 2.45) is 29.6 Å². The number of benzene rings is 1. The van der Waals surface area contributed by atoms with Crippen molar-refractivity contribution in [2.75, 3.05) is 61.5 Å². The zero-order valence-corrected chi connectivity index (χ0v) is 41.1. The molecular formula is C50H77N5O11. The molecule has 16 nitrogen and oxygen atoms in total. The number of hydrogen-bond donors (Lipinski definition) is 1. The van der Waals surface area contributed by atoms with E-state index in [9.17, 15) is 43.5 Å². The zero-order valence-electron chi connectivity index (χ0n) is 41.1. The molecule has 1 N–H and O–H groups in total. The van der Waals surface area contributed by atoms with Gasteiger partial charge in [0.25, 0.3) is 11.8 Å². The number of carbonyl (C=O) groups is 8. The van der Waals surface area contributed by atoms with Crippen molar-refractivity contribution >= 4 is 47.2 Å². The number of Topliss-reactive ketones (excluding diaryl/α,β-unsaturated/α-hetero) is 1. The molecule has 1 aromatic rings. The summed E-state index contributed by atoms with van der Waals surface area (Å²) in [5.41, 5.74) is 0.831. The number of carboxylic acids is 1. The molecule has 16 heteroatoms. The summed E-state index contributed by atoms with van der Waals surface area (Å²) in [6.45, 7) is 10.9. The van der Waals surface area contributed by atoms with Crippen LogP contribution >= 0.6 is 0 Å². The van der Waals surface area contributed by atoms with Crippen LogP contribution in [0.5, 0.6) is 0 Å². The van der Waals surface area contributed by atoms with Crippen LogP contribution in [0.1, 0.15) is 104 Å². The third kappa shape index (κ3) is 15.6. The average molecular weight is 924 g/mol. The Hall–Kier alpha value is -4.96. The molecule has 2 aliphatic rings. The summed E-state index contributed by atoms with van der Waals surface area (Å²) in [7, 11) is 8.09. The number of ketones is 1. The molecule has 0 aliphatic carbocycles. The molecule has 2 heterocycles. The molecule has 1 fully saturated rings. The van der Waals surface area contributed by atoms with Crippen LogP contribution in [-0.4, -0.2) is 163 Å². The summed E-state index contributed by atoms with van der Waals surface area (Å²) in [6, 6.07) is 8.28. The Balaban J connectivity index is 1.61. The lowest BCUT2D eigenvalue weighted by Gasteiger charge is -2.41. The van der Waals surface area contributed by atoms with E-state index in [-0.39, 0.29) is 85.3 Å². The van der Waals surface area contributed by atoms with Crippen molar-refractivity contribution in [3.8, 4) is 0 Å². The number of aliphatic carboxylic acids is 1. The molecular weight excluding hydrogens is 847 g/mol. The fourth-order valence-corrected chi connectivity index (χ4v) is 9.24. The molecule has 368 valence electrons. The number of likely N-dealkylation sites (N-methyl/N-ethyl adjacent to an activating group) is 3. The standard InChI is InChI=1S/C50H77N5O11/c1-11-34(4)47(41(65-9)32-46(61)54-26-18-21-39(54)48(66-10)35(5)40(56)30-37(50(63)64)29-36-19-14-12-15-20-36)53(8)49(62)38(33(2)3)31-45(60)52(7)28-27-51(6)42(57)22-16-13-17-25-55-43(58)23-24-44(55)59/h12,14-15,19-20,23-24,33-35,37-39,41,47-48H,11,13,16-18,21-22,25-32H2,1-10H3,(H,63,64)/t34-,35-,37+,38-,39-,41+,47-,48+/m0/s1. The van der Waals surface area contributed by atoms with Gasteiger partial charge in [-0.05, 0) is 49.5 Å². The van der Waals surface area contributed by atoms with Crippen LogP contribution < -0.4 is 0 Å². The van der Waals surface area contributed by atoms with Gasteiger partial charge in [0.15, 0.2) is 0 Å². The predicted octanol–water partition coefficient (Wildman–Crippen LogP) is 4.87.